The van der Waals surface area contributed by atoms with E-state index in [2.05, 4.69) is 52.0 Å². The molecule has 0 fully saturated rings. The van der Waals surface area contributed by atoms with E-state index in [1.165, 1.54) is 34.1 Å². The molecule has 6 nitrogen and oxygen atoms in total. The lowest BCUT2D eigenvalue weighted by Crippen LogP contribution is -2.32. The molecule has 0 aromatic heterocycles. The van der Waals surface area contributed by atoms with Crippen LogP contribution in [0.1, 0.15) is 93.0 Å². The van der Waals surface area contributed by atoms with Crippen LogP contribution >= 0.6 is 23.2 Å². The molecule has 0 saturated carbocycles. The van der Waals surface area contributed by atoms with Gasteiger partial charge in [-0.25, -0.2) is 9.80 Å². The van der Waals surface area contributed by atoms with Crippen LogP contribution in [0.25, 0.3) is 0 Å². The summed E-state index contributed by atoms with van der Waals surface area (Å²) in [6, 6.07) is 12.5. The van der Waals surface area contributed by atoms with Crippen molar-refractivity contribution in [1.29, 1.82) is 0 Å². The van der Waals surface area contributed by atoms with E-state index in [0.29, 0.717) is 40.7 Å². The molecule has 0 radical (unpaired) electrons. The second kappa shape index (κ2) is 12.6. The van der Waals surface area contributed by atoms with Gasteiger partial charge in [0.2, 0.25) is 0 Å². The molecule has 8 heteroatoms. The molecule has 244 valence electrons. The second-order valence-electron chi connectivity index (χ2n) is 13.2. The highest BCUT2D eigenvalue weighted by Gasteiger charge is 2.36. The lowest BCUT2D eigenvalue weighted by molar-refractivity contribution is -0.121. The Kier molecular flexibility index (Phi) is 9.17. The van der Waals surface area contributed by atoms with Gasteiger partial charge in [-0.05, 0) is 70.7 Å². The number of halogens is 2. The number of carbonyl (C=O) groups is 4. The van der Waals surface area contributed by atoms with Gasteiger partial charge in [0.15, 0.2) is 0 Å². The fourth-order valence-electron chi connectivity index (χ4n) is 6.89. The minimum Gasteiger partial charge on any atom is -0.269 e. The average molecular weight is 672 g/mol. The molecule has 0 unspecified atom stereocenters. The predicted octanol–water partition coefficient (Wildman–Crippen LogP) is 8.50. The van der Waals surface area contributed by atoms with Crippen LogP contribution in [-0.4, -0.2) is 23.6 Å². The Bertz CT molecular complexity index is 1870. The fraction of sp³-hybridized carbons (Fsp3) is 0.333. The van der Waals surface area contributed by atoms with Gasteiger partial charge in [-0.1, -0.05) is 108 Å². The lowest BCUT2D eigenvalue weighted by Gasteiger charge is -2.33. The van der Waals surface area contributed by atoms with Crippen molar-refractivity contribution in [1.82, 2.24) is 0 Å². The minimum absolute atomic E-state index is 0.355. The number of carbonyl (C=O) groups excluding carboxylic acids is 4. The van der Waals surface area contributed by atoms with Gasteiger partial charge < -0.3 is 0 Å². The standard InChI is InChI=1S/C39H40Cl2N2O4/c1-9-23-21-29(35(41)27(11-3)37(23)43-32(46)18-19-33(43)47)39(7,8)25-14-12-24(13-15-25)38(5,6)28-20-22(4)36(26(10-2)34(28)40)42-30(44)16-17-31(42)45/h12-21H,9-11H2,1-8H3. The summed E-state index contributed by atoms with van der Waals surface area (Å²) in [4.78, 5) is 52.9. The van der Waals surface area contributed by atoms with E-state index in [1.54, 1.807) is 0 Å². The summed E-state index contributed by atoms with van der Waals surface area (Å²) in [6.07, 6.45) is 6.92. The number of hydrogen-bond donors (Lipinski definition) is 0. The highest BCUT2D eigenvalue weighted by atomic mass is 35.5. The maximum absolute atomic E-state index is 12.7. The Hall–Kier alpha value is -4.00. The highest BCUT2D eigenvalue weighted by Crippen LogP contribution is 2.46. The fourth-order valence-corrected chi connectivity index (χ4v) is 7.92. The van der Waals surface area contributed by atoms with Gasteiger partial charge in [0.1, 0.15) is 0 Å². The first kappa shape index (κ1) is 34.3. The van der Waals surface area contributed by atoms with Crippen LogP contribution in [0.15, 0.2) is 60.7 Å². The minimum atomic E-state index is -0.503. The number of hydrogen-bond acceptors (Lipinski definition) is 4. The van der Waals surface area contributed by atoms with Crippen LogP contribution in [0.4, 0.5) is 11.4 Å². The van der Waals surface area contributed by atoms with Crippen LogP contribution in [0, 0.1) is 6.92 Å². The van der Waals surface area contributed by atoms with Crippen LogP contribution in [0.5, 0.6) is 0 Å². The molecule has 0 atom stereocenters. The molecule has 0 aliphatic carbocycles. The van der Waals surface area contributed by atoms with Crippen LogP contribution in [0.2, 0.25) is 10.0 Å². The lowest BCUT2D eigenvalue weighted by atomic mass is 9.73. The van der Waals surface area contributed by atoms with E-state index in [4.69, 9.17) is 23.2 Å². The number of anilines is 2. The van der Waals surface area contributed by atoms with Crippen molar-refractivity contribution >= 4 is 58.2 Å². The number of aryl methyl sites for hydroxylation is 2. The van der Waals surface area contributed by atoms with Crippen molar-refractivity contribution in [2.45, 2.75) is 85.5 Å². The van der Waals surface area contributed by atoms with E-state index in [-0.39, 0.29) is 23.6 Å². The molecule has 3 aromatic carbocycles. The molecule has 0 bridgehead atoms. The molecule has 4 amide bonds. The third-order valence-electron chi connectivity index (χ3n) is 9.76. The van der Waals surface area contributed by atoms with Crippen molar-refractivity contribution in [3.05, 3.63) is 115 Å². The normalized spacial score (nSPS) is 15.2. The Labute approximate surface area is 287 Å². The first-order valence-electron chi connectivity index (χ1n) is 16.0. The molecule has 0 saturated heterocycles. The molecule has 3 aromatic rings. The van der Waals surface area contributed by atoms with Gasteiger partial charge >= 0.3 is 0 Å². The Morgan fingerprint density at radius 1 is 0.574 bits per heavy atom. The van der Waals surface area contributed by atoms with Gasteiger partial charge in [-0.3, -0.25) is 19.2 Å². The van der Waals surface area contributed by atoms with Crippen LogP contribution in [0.3, 0.4) is 0 Å². The SMILES string of the molecule is CCc1cc(C(C)(C)c2ccc(C(C)(C)c3cc(C)c(N4C(=O)C=CC4=O)c(CC)c3Cl)cc2)c(Cl)c(CC)c1N1C(=O)C=CC1=O. The summed E-state index contributed by atoms with van der Waals surface area (Å²) >= 11 is 14.2. The van der Waals surface area contributed by atoms with Crippen molar-refractivity contribution in [2.24, 2.45) is 0 Å². The van der Waals surface area contributed by atoms with Gasteiger partial charge in [-0.15, -0.1) is 0 Å². The second-order valence-corrected chi connectivity index (χ2v) is 13.9. The van der Waals surface area contributed by atoms with Gasteiger partial charge in [0, 0.05) is 45.2 Å². The van der Waals surface area contributed by atoms with Gasteiger partial charge in [0.05, 0.1) is 11.4 Å². The third-order valence-corrected chi connectivity index (χ3v) is 10.6. The van der Waals surface area contributed by atoms with E-state index in [1.807, 2.05) is 39.8 Å². The topological polar surface area (TPSA) is 74.8 Å². The molecule has 47 heavy (non-hydrogen) atoms. The summed E-state index contributed by atoms with van der Waals surface area (Å²) in [7, 11) is 0. The summed E-state index contributed by atoms with van der Waals surface area (Å²) in [6.45, 7) is 16.4. The number of imide groups is 2. The first-order valence-corrected chi connectivity index (χ1v) is 16.8. The summed E-state index contributed by atoms with van der Waals surface area (Å²) in [5, 5.41) is 1.10. The van der Waals surface area contributed by atoms with E-state index in [0.717, 1.165) is 44.5 Å². The Balaban J connectivity index is 1.55. The molecule has 2 aliphatic rings. The van der Waals surface area contributed by atoms with Crippen molar-refractivity contribution < 1.29 is 19.2 Å². The van der Waals surface area contributed by atoms with Crippen molar-refractivity contribution in [3.8, 4) is 0 Å². The average Bonchev–Trinajstić information content (AvgIpc) is 3.55. The molecule has 5 rings (SSSR count). The summed E-state index contributed by atoms with van der Waals surface area (Å²) in [5.74, 6) is -1.44. The van der Waals surface area contributed by atoms with Crippen molar-refractivity contribution in [3.63, 3.8) is 0 Å². The first-order chi connectivity index (χ1) is 22.1. The summed E-state index contributed by atoms with van der Waals surface area (Å²) < 4.78 is 0. The Morgan fingerprint density at radius 3 is 1.32 bits per heavy atom. The number of benzene rings is 3. The Morgan fingerprint density at radius 2 is 0.936 bits per heavy atom. The third kappa shape index (κ3) is 5.55. The monoisotopic (exact) mass is 670 g/mol. The van der Waals surface area contributed by atoms with E-state index >= 15 is 0 Å². The van der Waals surface area contributed by atoms with Crippen LogP contribution in [-0.2, 0) is 49.3 Å². The number of rotatable bonds is 9. The van der Waals surface area contributed by atoms with Gasteiger partial charge in [0.25, 0.3) is 23.6 Å². The molecule has 0 N–H and O–H groups in total. The smallest absolute Gasteiger partial charge is 0.258 e. The zero-order valence-corrected chi connectivity index (χ0v) is 29.7. The van der Waals surface area contributed by atoms with Gasteiger partial charge in [-0.2, -0.15) is 0 Å². The maximum Gasteiger partial charge on any atom is 0.258 e. The maximum atomic E-state index is 12.7. The van der Waals surface area contributed by atoms with Crippen LogP contribution < -0.4 is 9.80 Å². The largest absolute Gasteiger partial charge is 0.269 e. The van der Waals surface area contributed by atoms with Crippen molar-refractivity contribution in [2.75, 3.05) is 9.80 Å². The number of amides is 4. The highest BCUT2D eigenvalue weighted by molar-refractivity contribution is 6.35. The van der Waals surface area contributed by atoms with E-state index in [9.17, 15) is 19.2 Å². The quantitative estimate of drug-likeness (QED) is 0.214. The zero-order chi connectivity index (χ0) is 34.6. The molecular weight excluding hydrogens is 631 g/mol. The molecule has 2 heterocycles. The summed E-state index contributed by atoms with van der Waals surface area (Å²) in [5.41, 5.74) is 7.34. The number of nitrogens with zero attached hydrogens (tertiary/aromatic N) is 2. The molecule has 0 spiro atoms. The zero-order valence-electron chi connectivity index (χ0n) is 28.2. The molecule has 2 aliphatic heterocycles. The molecular formula is C39H40Cl2N2O4. The predicted molar refractivity (Wildman–Crippen MR) is 190 cm³/mol. The van der Waals surface area contributed by atoms with E-state index < -0.39 is 10.8 Å².